The van der Waals surface area contributed by atoms with Crippen LogP contribution >= 0.6 is 0 Å². The van der Waals surface area contributed by atoms with Gasteiger partial charge in [-0.25, -0.2) is 8.42 Å². The van der Waals surface area contributed by atoms with Crippen LogP contribution in [0.3, 0.4) is 0 Å². The number of ether oxygens (including phenoxy) is 1. The Morgan fingerprint density at radius 1 is 1.06 bits per heavy atom. The smallest absolute Gasteiger partial charge is 0.255 e. The van der Waals surface area contributed by atoms with Crippen molar-refractivity contribution in [2.75, 3.05) is 20.2 Å². The summed E-state index contributed by atoms with van der Waals surface area (Å²) in [5.74, 6) is 0.0351. The number of carbonyl (C=O) groups excluding carboxylic acids is 1. The van der Waals surface area contributed by atoms with Gasteiger partial charge in [0.15, 0.2) is 0 Å². The van der Waals surface area contributed by atoms with Gasteiger partial charge in [-0.05, 0) is 56.4 Å². The van der Waals surface area contributed by atoms with Crippen molar-refractivity contribution >= 4 is 15.9 Å². The van der Waals surface area contributed by atoms with Crippen LogP contribution in [0.15, 0.2) is 53.4 Å². The van der Waals surface area contributed by atoms with Crippen molar-refractivity contribution in [2.24, 2.45) is 0 Å². The summed E-state index contributed by atoms with van der Waals surface area (Å²) >= 11 is 0. The SMILES string of the molecule is COc1ccc(S(=O)(=O)N2CCCCCC2)cc1C(=O)NC(C)CCc1ccccc1. The lowest BCUT2D eigenvalue weighted by Crippen LogP contribution is -2.34. The van der Waals surface area contributed by atoms with Gasteiger partial charge in [-0.3, -0.25) is 4.79 Å². The van der Waals surface area contributed by atoms with Crippen molar-refractivity contribution in [1.29, 1.82) is 0 Å². The third kappa shape index (κ3) is 6.08. The molecule has 0 bridgehead atoms. The number of amides is 1. The Balaban J connectivity index is 1.74. The van der Waals surface area contributed by atoms with Crippen LogP contribution in [0.1, 0.15) is 54.9 Å². The Labute approximate surface area is 185 Å². The molecule has 0 saturated carbocycles. The highest BCUT2D eigenvalue weighted by molar-refractivity contribution is 7.89. The van der Waals surface area contributed by atoms with Gasteiger partial charge in [0.2, 0.25) is 10.0 Å². The molecule has 0 aliphatic carbocycles. The Morgan fingerprint density at radius 2 is 1.74 bits per heavy atom. The van der Waals surface area contributed by atoms with Crippen LogP contribution in [-0.4, -0.2) is 44.9 Å². The molecule has 6 nitrogen and oxygen atoms in total. The summed E-state index contributed by atoms with van der Waals surface area (Å²) in [6, 6.07) is 14.6. The van der Waals surface area contributed by atoms with Crippen LogP contribution in [0.4, 0.5) is 0 Å². The summed E-state index contributed by atoms with van der Waals surface area (Å²) in [6.45, 7) is 2.99. The fourth-order valence-corrected chi connectivity index (χ4v) is 5.40. The van der Waals surface area contributed by atoms with Gasteiger partial charge in [0, 0.05) is 19.1 Å². The maximum Gasteiger partial charge on any atom is 0.255 e. The number of methoxy groups -OCH3 is 1. The number of carbonyl (C=O) groups is 1. The van der Waals surface area contributed by atoms with Gasteiger partial charge in [0.1, 0.15) is 5.75 Å². The van der Waals surface area contributed by atoms with E-state index in [0.29, 0.717) is 18.8 Å². The molecule has 2 aromatic rings. The number of sulfonamides is 1. The Morgan fingerprint density at radius 3 is 2.39 bits per heavy atom. The molecule has 3 rings (SSSR count). The Kier molecular flexibility index (Phi) is 8.09. The number of hydrogen-bond donors (Lipinski definition) is 1. The number of hydrogen-bond acceptors (Lipinski definition) is 4. The number of nitrogens with zero attached hydrogens (tertiary/aromatic N) is 1. The van der Waals surface area contributed by atoms with Crippen molar-refractivity contribution in [1.82, 2.24) is 9.62 Å². The van der Waals surface area contributed by atoms with E-state index < -0.39 is 10.0 Å². The van der Waals surface area contributed by atoms with Gasteiger partial charge >= 0.3 is 0 Å². The first-order valence-corrected chi connectivity index (χ1v) is 12.4. The summed E-state index contributed by atoms with van der Waals surface area (Å²) in [5.41, 5.74) is 1.46. The van der Waals surface area contributed by atoms with E-state index >= 15 is 0 Å². The average Bonchev–Trinajstić information content (AvgIpc) is 3.08. The molecule has 168 valence electrons. The van der Waals surface area contributed by atoms with Crippen LogP contribution in [0, 0.1) is 0 Å². The highest BCUT2D eigenvalue weighted by Gasteiger charge is 2.27. The van der Waals surface area contributed by atoms with Crippen molar-refractivity contribution in [3.63, 3.8) is 0 Å². The van der Waals surface area contributed by atoms with Gasteiger partial charge in [-0.15, -0.1) is 0 Å². The topological polar surface area (TPSA) is 75.7 Å². The fraction of sp³-hybridized carbons (Fsp3) is 0.458. The number of aryl methyl sites for hydroxylation is 1. The van der Waals surface area contributed by atoms with Crippen LogP contribution in [0.2, 0.25) is 0 Å². The molecule has 1 amide bonds. The van der Waals surface area contributed by atoms with Gasteiger partial charge in [-0.2, -0.15) is 4.31 Å². The molecule has 0 aromatic heterocycles. The summed E-state index contributed by atoms with van der Waals surface area (Å²) in [5, 5.41) is 2.98. The van der Waals surface area contributed by atoms with Gasteiger partial charge < -0.3 is 10.1 Å². The minimum Gasteiger partial charge on any atom is -0.496 e. The molecule has 1 aliphatic heterocycles. The molecule has 1 fully saturated rings. The predicted octanol–water partition coefficient (Wildman–Crippen LogP) is 4.01. The zero-order valence-electron chi connectivity index (χ0n) is 18.3. The van der Waals surface area contributed by atoms with Crippen molar-refractivity contribution < 1.29 is 17.9 Å². The lowest BCUT2D eigenvalue weighted by Gasteiger charge is -2.21. The third-order valence-electron chi connectivity index (χ3n) is 5.70. The number of rotatable bonds is 8. The van der Waals surface area contributed by atoms with E-state index in [4.69, 9.17) is 4.74 Å². The van der Waals surface area contributed by atoms with Crippen LogP contribution in [0.25, 0.3) is 0 Å². The first kappa shape index (κ1) is 23.3. The maximum atomic E-state index is 13.1. The highest BCUT2D eigenvalue weighted by atomic mass is 32.2. The zero-order chi connectivity index (χ0) is 22.3. The minimum absolute atomic E-state index is 0.0664. The van der Waals surface area contributed by atoms with Crippen LogP contribution in [-0.2, 0) is 16.4 Å². The fourth-order valence-electron chi connectivity index (χ4n) is 3.86. The van der Waals surface area contributed by atoms with E-state index in [2.05, 4.69) is 17.4 Å². The predicted molar refractivity (Wildman–Crippen MR) is 122 cm³/mol. The van der Waals surface area contributed by atoms with Gasteiger partial charge in [0.25, 0.3) is 5.91 Å². The highest BCUT2D eigenvalue weighted by Crippen LogP contribution is 2.26. The molecule has 31 heavy (non-hydrogen) atoms. The lowest BCUT2D eigenvalue weighted by molar-refractivity contribution is 0.0935. The Hall–Kier alpha value is -2.38. The van der Waals surface area contributed by atoms with E-state index in [9.17, 15) is 13.2 Å². The summed E-state index contributed by atoms with van der Waals surface area (Å²) in [4.78, 5) is 13.1. The van der Waals surface area contributed by atoms with E-state index in [-0.39, 0.29) is 22.4 Å². The summed E-state index contributed by atoms with van der Waals surface area (Å²) in [7, 11) is -2.16. The van der Waals surface area contributed by atoms with Crippen molar-refractivity contribution in [3.05, 3.63) is 59.7 Å². The van der Waals surface area contributed by atoms with E-state index in [0.717, 1.165) is 38.5 Å². The average molecular weight is 445 g/mol. The summed E-state index contributed by atoms with van der Waals surface area (Å²) < 4.78 is 33.2. The second kappa shape index (κ2) is 10.8. The first-order valence-electron chi connectivity index (χ1n) is 10.9. The van der Waals surface area contributed by atoms with Crippen molar-refractivity contribution in [3.8, 4) is 5.75 Å². The standard InChI is InChI=1S/C24H32N2O4S/c1-19(12-13-20-10-6-5-7-11-20)25-24(27)22-18-21(14-15-23(22)30-2)31(28,29)26-16-8-3-4-9-17-26/h5-7,10-11,14-15,18-19H,3-4,8-9,12-13,16-17H2,1-2H3,(H,25,27). The minimum atomic E-state index is -3.64. The van der Waals surface area contributed by atoms with Crippen molar-refractivity contribution in [2.45, 2.75) is 56.4 Å². The van der Waals surface area contributed by atoms with Gasteiger partial charge in [0.05, 0.1) is 17.6 Å². The Bertz CT molecular complexity index is 968. The molecule has 0 radical (unpaired) electrons. The molecule has 1 atom stereocenters. The monoisotopic (exact) mass is 444 g/mol. The normalized spacial score (nSPS) is 16.3. The van der Waals surface area contributed by atoms with E-state index in [1.54, 1.807) is 6.07 Å². The largest absolute Gasteiger partial charge is 0.496 e. The molecule has 7 heteroatoms. The second-order valence-corrected chi connectivity index (χ2v) is 10.0. The lowest BCUT2D eigenvalue weighted by atomic mass is 10.1. The first-order chi connectivity index (χ1) is 14.9. The molecule has 1 heterocycles. The molecular weight excluding hydrogens is 412 g/mol. The number of nitrogens with one attached hydrogen (secondary N) is 1. The third-order valence-corrected chi connectivity index (χ3v) is 7.60. The quantitative estimate of drug-likeness (QED) is 0.667. The van der Waals surface area contributed by atoms with Crippen LogP contribution < -0.4 is 10.1 Å². The van der Waals surface area contributed by atoms with E-state index in [1.165, 1.54) is 29.1 Å². The maximum absolute atomic E-state index is 13.1. The molecular formula is C24H32N2O4S. The number of benzene rings is 2. The molecule has 2 aromatic carbocycles. The van der Waals surface area contributed by atoms with Gasteiger partial charge in [-0.1, -0.05) is 43.2 Å². The zero-order valence-corrected chi connectivity index (χ0v) is 19.2. The molecule has 1 unspecified atom stereocenters. The molecule has 1 aliphatic rings. The molecule has 0 spiro atoms. The molecule has 1 N–H and O–H groups in total. The van der Waals surface area contributed by atoms with Crippen LogP contribution in [0.5, 0.6) is 5.75 Å². The summed E-state index contributed by atoms with van der Waals surface area (Å²) in [6.07, 6.45) is 5.45. The van der Waals surface area contributed by atoms with E-state index in [1.807, 2.05) is 25.1 Å². The molecule has 1 saturated heterocycles. The second-order valence-electron chi connectivity index (χ2n) is 8.08.